The van der Waals surface area contributed by atoms with Crippen molar-refractivity contribution in [2.24, 2.45) is 0 Å². The minimum absolute atomic E-state index is 0.0671. The van der Waals surface area contributed by atoms with Crippen molar-refractivity contribution in [2.45, 2.75) is 38.3 Å². The van der Waals surface area contributed by atoms with Gasteiger partial charge in [-0.15, -0.1) is 0 Å². The second kappa shape index (κ2) is 5.82. The van der Waals surface area contributed by atoms with Gasteiger partial charge >= 0.3 is 5.97 Å². The Morgan fingerprint density at radius 1 is 1.65 bits per heavy atom. The number of esters is 1. The summed E-state index contributed by atoms with van der Waals surface area (Å²) in [5, 5.41) is 4.02. The Kier molecular flexibility index (Phi) is 4.14. The van der Waals surface area contributed by atoms with Crippen LogP contribution in [0.3, 0.4) is 0 Å². The van der Waals surface area contributed by atoms with Crippen molar-refractivity contribution < 1.29 is 14.3 Å². The topological polar surface area (TPSA) is 53.4 Å². The SMILES string of the molecule is CC(C(=O)OCC1CCCCO1)n1cccn1. The Balaban J connectivity index is 1.76. The standard InChI is InChI=1S/C12H18N2O3/c1-10(14-7-4-6-13-14)12(15)17-9-11-5-2-3-8-16-11/h4,6-7,10-11H,2-3,5,8-9H2,1H3. The highest BCUT2D eigenvalue weighted by Crippen LogP contribution is 2.14. The van der Waals surface area contributed by atoms with Crippen LogP contribution in [0.5, 0.6) is 0 Å². The van der Waals surface area contributed by atoms with Gasteiger partial charge in [0.2, 0.25) is 0 Å². The van der Waals surface area contributed by atoms with Gasteiger partial charge in [-0.1, -0.05) is 0 Å². The van der Waals surface area contributed by atoms with Crippen LogP contribution in [0.25, 0.3) is 0 Å². The third kappa shape index (κ3) is 3.30. The van der Waals surface area contributed by atoms with Gasteiger partial charge in [0.15, 0.2) is 0 Å². The largest absolute Gasteiger partial charge is 0.461 e. The summed E-state index contributed by atoms with van der Waals surface area (Å²) in [6, 6.07) is 1.40. The lowest BCUT2D eigenvalue weighted by Gasteiger charge is -2.22. The number of ether oxygens (including phenoxy) is 2. The maximum atomic E-state index is 11.7. The molecule has 0 amide bonds. The molecule has 2 unspecified atom stereocenters. The van der Waals surface area contributed by atoms with Crippen LogP contribution in [0, 0.1) is 0 Å². The quantitative estimate of drug-likeness (QED) is 0.747. The van der Waals surface area contributed by atoms with Crippen LogP contribution in [-0.4, -0.2) is 35.1 Å². The van der Waals surface area contributed by atoms with Gasteiger partial charge in [-0.05, 0) is 32.3 Å². The third-order valence-electron chi connectivity index (χ3n) is 2.95. The van der Waals surface area contributed by atoms with E-state index in [1.807, 2.05) is 0 Å². The molecule has 0 aromatic carbocycles. The molecule has 0 radical (unpaired) electrons. The highest BCUT2D eigenvalue weighted by Gasteiger charge is 2.20. The fourth-order valence-electron chi connectivity index (χ4n) is 1.85. The van der Waals surface area contributed by atoms with Crippen LogP contribution >= 0.6 is 0 Å². The summed E-state index contributed by atoms with van der Waals surface area (Å²) in [5.74, 6) is -0.261. The first-order valence-electron chi connectivity index (χ1n) is 6.05. The Bertz CT molecular complexity index is 345. The van der Waals surface area contributed by atoms with Crippen LogP contribution in [0.2, 0.25) is 0 Å². The molecule has 5 heteroatoms. The van der Waals surface area contributed by atoms with Crippen LogP contribution in [-0.2, 0) is 14.3 Å². The van der Waals surface area contributed by atoms with Gasteiger partial charge in [-0.2, -0.15) is 5.10 Å². The Hall–Kier alpha value is -1.36. The van der Waals surface area contributed by atoms with Crippen molar-refractivity contribution in [1.82, 2.24) is 9.78 Å². The van der Waals surface area contributed by atoms with E-state index in [0.29, 0.717) is 6.61 Å². The molecule has 1 aliphatic rings. The fraction of sp³-hybridized carbons (Fsp3) is 0.667. The summed E-state index contributed by atoms with van der Waals surface area (Å²) in [6.45, 7) is 2.90. The molecule has 2 rings (SSSR count). The number of hydrogen-bond donors (Lipinski definition) is 0. The maximum absolute atomic E-state index is 11.7. The van der Waals surface area contributed by atoms with Crippen LogP contribution < -0.4 is 0 Å². The zero-order valence-electron chi connectivity index (χ0n) is 10.0. The smallest absolute Gasteiger partial charge is 0.330 e. The van der Waals surface area contributed by atoms with E-state index in [-0.39, 0.29) is 18.1 Å². The minimum atomic E-state index is -0.381. The average Bonchev–Trinajstić information content (AvgIpc) is 2.90. The third-order valence-corrected chi connectivity index (χ3v) is 2.95. The predicted molar refractivity (Wildman–Crippen MR) is 61.5 cm³/mol. The van der Waals surface area contributed by atoms with Crippen molar-refractivity contribution >= 4 is 5.97 Å². The minimum Gasteiger partial charge on any atom is -0.461 e. The molecular formula is C12H18N2O3. The van der Waals surface area contributed by atoms with Crippen LogP contribution in [0.4, 0.5) is 0 Å². The normalized spacial score (nSPS) is 22.1. The first-order chi connectivity index (χ1) is 8.27. The summed E-state index contributed by atoms with van der Waals surface area (Å²) in [4.78, 5) is 11.7. The molecule has 17 heavy (non-hydrogen) atoms. The first kappa shape index (κ1) is 12.1. The van der Waals surface area contributed by atoms with Gasteiger partial charge in [-0.3, -0.25) is 4.68 Å². The summed E-state index contributed by atoms with van der Waals surface area (Å²) in [5.41, 5.74) is 0. The van der Waals surface area contributed by atoms with Crippen molar-refractivity contribution in [3.05, 3.63) is 18.5 Å². The summed E-state index contributed by atoms with van der Waals surface area (Å²) >= 11 is 0. The molecule has 1 saturated heterocycles. The molecule has 1 fully saturated rings. The highest BCUT2D eigenvalue weighted by molar-refractivity contribution is 5.73. The van der Waals surface area contributed by atoms with Gasteiger partial charge < -0.3 is 9.47 Å². The molecule has 1 aliphatic heterocycles. The molecule has 5 nitrogen and oxygen atoms in total. The van der Waals surface area contributed by atoms with Gasteiger partial charge in [0.1, 0.15) is 12.6 Å². The van der Waals surface area contributed by atoms with E-state index >= 15 is 0 Å². The molecule has 0 spiro atoms. The lowest BCUT2D eigenvalue weighted by Crippen LogP contribution is -2.28. The second-order valence-electron chi connectivity index (χ2n) is 4.28. The summed E-state index contributed by atoms with van der Waals surface area (Å²) < 4.78 is 12.3. The van der Waals surface area contributed by atoms with Crippen molar-refractivity contribution in [3.63, 3.8) is 0 Å². The highest BCUT2D eigenvalue weighted by atomic mass is 16.6. The van der Waals surface area contributed by atoms with Crippen molar-refractivity contribution in [2.75, 3.05) is 13.2 Å². The van der Waals surface area contributed by atoms with Gasteiger partial charge in [-0.25, -0.2) is 4.79 Å². The molecule has 0 aliphatic carbocycles. The van der Waals surface area contributed by atoms with Gasteiger partial charge in [0.25, 0.3) is 0 Å². The maximum Gasteiger partial charge on any atom is 0.330 e. The number of hydrogen-bond acceptors (Lipinski definition) is 4. The lowest BCUT2D eigenvalue weighted by molar-refractivity contribution is -0.152. The summed E-state index contributed by atoms with van der Waals surface area (Å²) in [7, 11) is 0. The Morgan fingerprint density at radius 3 is 3.18 bits per heavy atom. The zero-order valence-corrected chi connectivity index (χ0v) is 10.0. The molecular weight excluding hydrogens is 220 g/mol. The second-order valence-corrected chi connectivity index (χ2v) is 4.28. The van der Waals surface area contributed by atoms with Crippen molar-refractivity contribution in [1.29, 1.82) is 0 Å². The molecule has 0 bridgehead atoms. The molecule has 0 N–H and O–H groups in total. The van der Waals surface area contributed by atoms with E-state index in [2.05, 4.69) is 5.10 Å². The van der Waals surface area contributed by atoms with E-state index in [1.54, 1.807) is 30.1 Å². The van der Waals surface area contributed by atoms with Gasteiger partial charge in [0, 0.05) is 19.0 Å². The molecule has 2 heterocycles. The van der Waals surface area contributed by atoms with E-state index < -0.39 is 0 Å². The van der Waals surface area contributed by atoms with Crippen molar-refractivity contribution in [3.8, 4) is 0 Å². The summed E-state index contributed by atoms with van der Waals surface area (Å²) in [6.07, 6.45) is 6.70. The molecule has 1 aromatic heterocycles. The zero-order chi connectivity index (χ0) is 12.1. The number of aromatic nitrogens is 2. The Morgan fingerprint density at radius 2 is 2.53 bits per heavy atom. The molecule has 1 aromatic rings. The first-order valence-corrected chi connectivity index (χ1v) is 6.05. The lowest BCUT2D eigenvalue weighted by atomic mass is 10.1. The molecule has 94 valence electrons. The van der Waals surface area contributed by atoms with E-state index in [4.69, 9.17) is 9.47 Å². The van der Waals surface area contributed by atoms with E-state index in [9.17, 15) is 4.79 Å². The predicted octanol–water partition coefficient (Wildman–Crippen LogP) is 1.56. The molecule has 0 saturated carbocycles. The van der Waals surface area contributed by atoms with Crippen LogP contribution in [0.15, 0.2) is 18.5 Å². The number of carbonyl (C=O) groups excluding carboxylic acids is 1. The number of carbonyl (C=O) groups is 1. The molecule has 2 atom stereocenters. The Labute approximate surface area is 101 Å². The van der Waals surface area contributed by atoms with E-state index in [0.717, 1.165) is 25.9 Å². The average molecular weight is 238 g/mol. The fourth-order valence-corrected chi connectivity index (χ4v) is 1.85. The number of rotatable bonds is 4. The number of nitrogens with zero attached hydrogens (tertiary/aromatic N) is 2. The van der Waals surface area contributed by atoms with Crippen LogP contribution in [0.1, 0.15) is 32.2 Å². The monoisotopic (exact) mass is 238 g/mol. The van der Waals surface area contributed by atoms with E-state index in [1.165, 1.54) is 0 Å². The van der Waals surface area contributed by atoms with Gasteiger partial charge in [0.05, 0.1) is 6.10 Å².